The third-order valence-corrected chi connectivity index (χ3v) is 4.95. The molecule has 5 nitrogen and oxygen atoms in total. The summed E-state index contributed by atoms with van der Waals surface area (Å²) in [7, 11) is 0. The monoisotopic (exact) mass is 498 g/mol. The largest absolute Gasteiger partial charge is 0.488 e. The van der Waals surface area contributed by atoms with Gasteiger partial charge < -0.3 is 15.0 Å². The average molecular weight is 498 g/mol. The summed E-state index contributed by atoms with van der Waals surface area (Å²) in [6.07, 6.45) is 5.75. The molecule has 1 aromatic carbocycles. The van der Waals surface area contributed by atoms with E-state index in [-0.39, 0.29) is 29.6 Å². The molecule has 0 saturated carbocycles. The predicted molar refractivity (Wildman–Crippen MR) is 128 cm³/mol. The lowest BCUT2D eigenvalue weighted by Crippen LogP contribution is -2.42. The van der Waals surface area contributed by atoms with E-state index in [0.717, 1.165) is 50.0 Å². The van der Waals surface area contributed by atoms with Crippen molar-refractivity contribution in [3.05, 3.63) is 42.0 Å². The fourth-order valence-electron chi connectivity index (χ4n) is 3.67. The summed E-state index contributed by atoms with van der Waals surface area (Å²) in [5.74, 6) is 1.93. The van der Waals surface area contributed by atoms with Crippen molar-refractivity contribution in [2.45, 2.75) is 52.3 Å². The zero-order chi connectivity index (χ0) is 19.3. The first kappa shape index (κ1) is 23.0. The number of hydrogen-bond donors (Lipinski definition) is 1. The lowest BCUT2D eigenvalue weighted by atomic mass is 10.1. The van der Waals surface area contributed by atoms with Crippen LogP contribution in [0.25, 0.3) is 0 Å². The molecule has 2 heterocycles. The summed E-state index contributed by atoms with van der Waals surface area (Å²) in [4.78, 5) is 9.89. The molecule has 0 radical (unpaired) electrons. The third kappa shape index (κ3) is 6.37. The fourth-order valence-corrected chi connectivity index (χ4v) is 3.67. The van der Waals surface area contributed by atoms with Crippen molar-refractivity contribution in [2.75, 3.05) is 32.7 Å². The number of benzene rings is 1. The topological polar surface area (TPSA) is 40.1 Å². The molecule has 0 spiro atoms. The number of guanidine groups is 1. The van der Waals surface area contributed by atoms with Gasteiger partial charge in [-0.15, -0.1) is 24.0 Å². The first-order chi connectivity index (χ1) is 13.0. The van der Waals surface area contributed by atoms with Crippen molar-refractivity contribution in [2.24, 2.45) is 4.99 Å². The smallest absolute Gasteiger partial charge is 0.194 e. The van der Waals surface area contributed by atoms with Crippen molar-refractivity contribution in [3.63, 3.8) is 0 Å². The number of nitrogens with zero attached hydrogens (tertiary/aromatic N) is 3. The molecule has 1 fully saturated rings. The molecule has 1 N–H and O–H groups in total. The molecule has 1 unspecified atom stereocenters. The van der Waals surface area contributed by atoms with E-state index in [2.05, 4.69) is 67.1 Å². The van der Waals surface area contributed by atoms with Gasteiger partial charge in [-0.1, -0.05) is 30.4 Å². The lowest BCUT2D eigenvalue weighted by Gasteiger charge is -2.26. The molecule has 0 amide bonds. The van der Waals surface area contributed by atoms with Crippen molar-refractivity contribution >= 4 is 29.9 Å². The zero-order valence-corrected chi connectivity index (χ0v) is 20.0. The number of aliphatic imine (C=N–C) groups is 1. The average Bonchev–Trinajstić information content (AvgIpc) is 3.29. The second-order valence-corrected chi connectivity index (χ2v) is 8.31. The highest BCUT2D eigenvalue weighted by molar-refractivity contribution is 14.0. The van der Waals surface area contributed by atoms with Crippen LogP contribution in [0.15, 0.2) is 41.4 Å². The van der Waals surface area contributed by atoms with Crippen molar-refractivity contribution in [1.29, 1.82) is 0 Å². The van der Waals surface area contributed by atoms with Gasteiger partial charge in [0.1, 0.15) is 11.4 Å². The number of likely N-dealkylation sites (tertiary alicyclic amines) is 1. The van der Waals surface area contributed by atoms with Gasteiger partial charge in [-0.3, -0.25) is 4.90 Å². The van der Waals surface area contributed by atoms with Gasteiger partial charge in [-0.2, -0.15) is 0 Å². The molecule has 1 atom stereocenters. The molecule has 2 aliphatic heterocycles. The standard InChI is InChI=1S/C22H34N4O.HI/c1-5-23-21(26-15-12-19(17-26)25-13-8-9-14-25)24-16-18-10-6-7-11-20(18)27-22(2,3)4;/h6-11,19H,5,12-17H2,1-4H3,(H,23,24);1H. The SMILES string of the molecule is CCNC(=NCc1ccccc1OC(C)(C)C)N1CCC(N2CC=CC2)C1.I. The van der Waals surface area contributed by atoms with Crippen LogP contribution in [-0.2, 0) is 6.54 Å². The predicted octanol–water partition coefficient (Wildman–Crippen LogP) is 3.89. The Morgan fingerprint density at radius 2 is 1.93 bits per heavy atom. The van der Waals surface area contributed by atoms with Crippen LogP contribution in [0, 0.1) is 0 Å². The first-order valence-electron chi connectivity index (χ1n) is 10.2. The second-order valence-electron chi connectivity index (χ2n) is 8.31. The van der Waals surface area contributed by atoms with E-state index in [1.807, 2.05) is 12.1 Å². The summed E-state index contributed by atoms with van der Waals surface area (Å²) in [5.41, 5.74) is 0.915. The van der Waals surface area contributed by atoms with E-state index in [4.69, 9.17) is 9.73 Å². The fraction of sp³-hybridized carbons (Fsp3) is 0.591. The van der Waals surface area contributed by atoms with Crippen LogP contribution < -0.4 is 10.1 Å². The Bertz CT molecular complexity index is 675. The highest BCUT2D eigenvalue weighted by Gasteiger charge is 2.29. The van der Waals surface area contributed by atoms with Gasteiger partial charge in [-0.25, -0.2) is 4.99 Å². The van der Waals surface area contributed by atoms with Crippen LogP contribution in [-0.4, -0.2) is 60.1 Å². The van der Waals surface area contributed by atoms with Crippen molar-refractivity contribution in [1.82, 2.24) is 15.1 Å². The zero-order valence-electron chi connectivity index (χ0n) is 17.6. The Morgan fingerprint density at radius 3 is 2.61 bits per heavy atom. The third-order valence-electron chi connectivity index (χ3n) is 4.95. The van der Waals surface area contributed by atoms with Gasteiger partial charge in [-0.05, 0) is 40.2 Å². The Labute approximate surface area is 187 Å². The molecule has 1 saturated heterocycles. The normalized spacial score (nSPS) is 20.4. The molecule has 3 rings (SSSR count). The van der Waals surface area contributed by atoms with Crippen LogP contribution >= 0.6 is 24.0 Å². The molecular weight excluding hydrogens is 463 g/mol. The van der Waals surface area contributed by atoms with Gasteiger partial charge in [0.25, 0.3) is 0 Å². The summed E-state index contributed by atoms with van der Waals surface area (Å²) in [6.45, 7) is 14.2. The van der Waals surface area contributed by atoms with Crippen LogP contribution in [0.4, 0.5) is 0 Å². The Kier molecular flexibility index (Phi) is 8.61. The summed E-state index contributed by atoms with van der Waals surface area (Å²) in [5, 5.41) is 3.47. The van der Waals surface area contributed by atoms with Crippen LogP contribution in [0.5, 0.6) is 5.75 Å². The number of halogens is 1. The molecule has 6 heteroatoms. The van der Waals surface area contributed by atoms with Gasteiger partial charge in [0.15, 0.2) is 5.96 Å². The van der Waals surface area contributed by atoms with Gasteiger partial charge in [0, 0.05) is 44.3 Å². The maximum atomic E-state index is 6.12. The van der Waals surface area contributed by atoms with Gasteiger partial charge in [0.2, 0.25) is 0 Å². The van der Waals surface area contributed by atoms with Gasteiger partial charge >= 0.3 is 0 Å². The lowest BCUT2D eigenvalue weighted by molar-refractivity contribution is 0.129. The molecule has 0 aliphatic carbocycles. The molecule has 0 aromatic heterocycles. The number of ether oxygens (including phenoxy) is 1. The van der Waals surface area contributed by atoms with E-state index < -0.39 is 0 Å². The Hall–Kier alpha value is -1.28. The second kappa shape index (κ2) is 10.5. The Morgan fingerprint density at radius 1 is 1.21 bits per heavy atom. The number of nitrogens with one attached hydrogen (secondary N) is 1. The van der Waals surface area contributed by atoms with Gasteiger partial charge in [0.05, 0.1) is 6.54 Å². The van der Waals surface area contributed by atoms with E-state index in [0.29, 0.717) is 12.6 Å². The highest BCUT2D eigenvalue weighted by atomic mass is 127. The van der Waals surface area contributed by atoms with Crippen molar-refractivity contribution < 1.29 is 4.74 Å². The summed E-state index contributed by atoms with van der Waals surface area (Å²) in [6, 6.07) is 8.85. The number of rotatable bonds is 5. The van der Waals surface area contributed by atoms with Crippen LogP contribution in [0.1, 0.15) is 39.7 Å². The van der Waals surface area contributed by atoms with Crippen LogP contribution in [0.2, 0.25) is 0 Å². The Balaban J connectivity index is 0.00000280. The quantitative estimate of drug-likeness (QED) is 0.290. The minimum Gasteiger partial charge on any atom is -0.488 e. The maximum Gasteiger partial charge on any atom is 0.194 e. The molecule has 156 valence electrons. The van der Waals surface area contributed by atoms with Crippen LogP contribution in [0.3, 0.4) is 0 Å². The van der Waals surface area contributed by atoms with E-state index in [9.17, 15) is 0 Å². The summed E-state index contributed by atoms with van der Waals surface area (Å²) >= 11 is 0. The number of hydrogen-bond acceptors (Lipinski definition) is 3. The first-order valence-corrected chi connectivity index (χ1v) is 10.2. The molecule has 1 aromatic rings. The number of para-hydroxylation sites is 1. The molecule has 0 bridgehead atoms. The van der Waals surface area contributed by atoms with Crippen molar-refractivity contribution in [3.8, 4) is 5.75 Å². The minimum atomic E-state index is -0.212. The van der Waals surface area contributed by atoms with E-state index >= 15 is 0 Å². The highest BCUT2D eigenvalue weighted by Crippen LogP contribution is 2.24. The minimum absolute atomic E-state index is 0. The van der Waals surface area contributed by atoms with E-state index in [1.54, 1.807) is 0 Å². The maximum absolute atomic E-state index is 6.12. The molecule has 28 heavy (non-hydrogen) atoms. The summed E-state index contributed by atoms with van der Waals surface area (Å²) < 4.78 is 6.12. The van der Waals surface area contributed by atoms with E-state index in [1.165, 1.54) is 6.42 Å². The molecular formula is C22H35IN4O. The molecule has 2 aliphatic rings.